The Morgan fingerprint density at radius 2 is 1.91 bits per heavy atom. The number of nitrogens with two attached hydrogens (primary N) is 1. The van der Waals surface area contributed by atoms with E-state index >= 15 is 0 Å². The average molecular weight is 477 g/mol. The standard InChI is InChI=1S/C27H36N6O2/c1-4-18-10-12-33(13-11-18)22-8-6-21(7-9-22)30-27-23(25(28)35)26(31-32-27)29-16-19-14-17(3)24(34)20(5-2)15-19/h6-9,14-15,18,34H,4-5,10-13,16H2,1-3H3,(H2,28,35)(H3,29,30,31,32). The molecule has 3 aromatic rings. The number of anilines is 4. The van der Waals surface area contributed by atoms with Gasteiger partial charge in [0.05, 0.1) is 0 Å². The number of nitrogens with one attached hydrogen (secondary N) is 3. The molecule has 8 nitrogen and oxygen atoms in total. The molecule has 0 saturated carbocycles. The third-order valence-corrected chi connectivity index (χ3v) is 6.99. The van der Waals surface area contributed by atoms with Crippen molar-refractivity contribution in [1.82, 2.24) is 10.2 Å². The van der Waals surface area contributed by atoms with Gasteiger partial charge in [0, 0.05) is 31.0 Å². The highest BCUT2D eigenvalue weighted by molar-refractivity contribution is 6.03. The van der Waals surface area contributed by atoms with E-state index in [0.717, 1.165) is 47.8 Å². The van der Waals surface area contributed by atoms with Gasteiger partial charge in [-0.2, -0.15) is 5.10 Å². The number of H-pyrrole nitrogens is 1. The molecule has 1 aliphatic heterocycles. The van der Waals surface area contributed by atoms with Crippen molar-refractivity contribution in [2.75, 3.05) is 28.6 Å². The van der Waals surface area contributed by atoms with E-state index in [1.807, 2.05) is 38.1 Å². The van der Waals surface area contributed by atoms with Gasteiger partial charge in [0.1, 0.15) is 17.1 Å². The van der Waals surface area contributed by atoms with Crippen LogP contribution in [0, 0.1) is 12.8 Å². The van der Waals surface area contributed by atoms with Crippen molar-refractivity contribution < 1.29 is 9.90 Å². The summed E-state index contributed by atoms with van der Waals surface area (Å²) in [6, 6.07) is 12.1. The Labute approximate surface area is 206 Å². The molecule has 0 spiro atoms. The lowest BCUT2D eigenvalue weighted by atomic mass is 9.94. The lowest BCUT2D eigenvalue weighted by Gasteiger charge is -2.33. The van der Waals surface area contributed by atoms with Crippen molar-refractivity contribution >= 4 is 28.9 Å². The summed E-state index contributed by atoms with van der Waals surface area (Å²) in [5.74, 6) is 1.44. The maximum Gasteiger partial charge on any atom is 0.256 e. The van der Waals surface area contributed by atoms with Crippen LogP contribution in [0.5, 0.6) is 5.75 Å². The van der Waals surface area contributed by atoms with Gasteiger partial charge in [-0.3, -0.25) is 9.89 Å². The summed E-state index contributed by atoms with van der Waals surface area (Å²) < 4.78 is 0. The Bertz CT molecular complexity index is 1160. The van der Waals surface area contributed by atoms with Crippen molar-refractivity contribution in [3.63, 3.8) is 0 Å². The molecule has 4 rings (SSSR count). The van der Waals surface area contributed by atoms with Gasteiger partial charge >= 0.3 is 0 Å². The van der Waals surface area contributed by atoms with E-state index in [1.54, 1.807) is 0 Å². The number of carbonyl (C=O) groups excluding carboxylic acids is 1. The van der Waals surface area contributed by atoms with Crippen molar-refractivity contribution in [1.29, 1.82) is 0 Å². The molecule has 0 aliphatic carbocycles. The summed E-state index contributed by atoms with van der Waals surface area (Å²) in [5, 5.41) is 23.8. The fraction of sp³-hybridized carbons (Fsp3) is 0.407. The number of phenols is 1. The van der Waals surface area contributed by atoms with E-state index < -0.39 is 5.91 Å². The molecule has 1 saturated heterocycles. The number of piperidine rings is 1. The Balaban J connectivity index is 1.44. The lowest BCUT2D eigenvalue weighted by Crippen LogP contribution is -2.33. The van der Waals surface area contributed by atoms with Crippen LogP contribution in [0.3, 0.4) is 0 Å². The summed E-state index contributed by atoms with van der Waals surface area (Å²) in [6.07, 6.45) is 4.48. The first-order valence-corrected chi connectivity index (χ1v) is 12.4. The van der Waals surface area contributed by atoms with Crippen LogP contribution in [0.15, 0.2) is 36.4 Å². The lowest BCUT2D eigenvalue weighted by molar-refractivity contribution is 0.100. The maximum absolute atomic E-state index is 12.3. The van der Waals surface area contributed by atoms with E-state index in [4.69, 9.17) is 5.73 Å². The molecule has 2 heterocycles. The van der Waals surface area contributed by atoms with Crippen LogP contribution in [-0.4, -0.2) is 34.3 Å². The molecule has 0 unspecified atom stereocenters. The highest BCUT2D eigenvalue weighted by Gasteiger charge is 2.20. The molecular weight excluding hydrogens is 440 g/mol. The molecule has 1 aromatic heterocycles. The predicted molar refractivity (Wildman–Crippen MR) is 142 cm³/mol. The van der Waals surface area contributed by atoms with Crippen LogP contribution in [0.1, 0.15) is 60.2 Å². The molecule has 2 aromatic carbocycles. The first-order valence-electron chi connectivity index (χ1n) is 12.4. The zero-order valence-corrected chi connectivity index (χ0v) is 20.8. The summed E-state index contributed by atoms with van der Waals surface area (Å²) in [5.41, 5.74) is 10.7. The van der Waals surface area contributed by atoms with Crippen LogP contribution in [-0.2, 0) is 13.0 Å². The largest absolute Gasteiger partial charge is 0.507 e. The van der Waals surface area contributed by atoms with Gasteiger partial charge < -0.3 is 26.4 Å². The average Bonchev–Trinajstić information content (AvgIpc) is 3.27. The fourth-order valence-electron chi connectivity index (χ4n) is 4.79. The van der Waals surface area contributed by atoms with Crippen molar-refractivity contribution in [2.45, 2.75) is 53.0 Å². The summed E-state index contributed by atoms with van der Waals surface area (Å²) >= 11 is 0. The van der Waals surface area contributed by atoms with Gasteiger partial charge in [-0.05, 0) is 73.1 Å². The molecule has 1 aliphatic rings. The van der Waals surface area contributed by atoms with E-state index in [2.05, 4.69) is 44.8 Å². The van der Waals surface area contributed by atoms with Crippen LogP contribution in [0.2, 0.25) is 0 Å². The van der Waals surface area contributed by atoms with Gasteiger partial charge in [0.2, 0.25) is 0 Å². The number of amides is 1. The van der Waals surface area contributed by atoms with Gasteiger partial charge in [0.15, 0.2) is 5.82 Å². The number of aromatic hydroxyl groups is 1. The highest BCUT2D eigenvalue weighted by Crippen LogP contribution is 2.29. The number of phenolic OH excluding ortho intramolecular Hbond substituents is 1. The Morgan fingerprint density at radius 3 is 2.54 bits per heavy atom. The smallest absolute Gasteiger partial charge is 0.256 e. The molecule has 0 radical (unpaired) electrons. The maximum atomic E-state index is 12.3. The second-order valence-corrected chi connectivity index (χ2v) is 9.32. The predicted octanol–water partition coefficient (Wildman–Crippen LogP) is 5.07. The Hall–Kier alpha value is -3.68. The van der Waals surface area contributed by atoms with Crippen LogP contribution in [0.4, 0.5) is 23.0 Å². The summed E-state index contributed by atoms with van der Waals surface area (Å²) in [6.45, 7) is 8.79. The number of rotatable bonds is 9. The highest BCUT2D eigenvalue weighted by atomic mass is 16.3. The minimum Gasteiger partial charge on any atom is -0.507 e. The van der Waals surface area contributed by atoms with Crippen molar-refractivity contribution in [3.05, 3.63) is 58.7 Å². The molecule has 186 valence electrons. The zero-order chi connectivity index (χ0) is 24.9. The monoisotopic (exact) mass is 476 g/mol. The third-order valence-electron chi connectivity index (χ3n) is 6.99. The third kappa shape index (κ3) is 5.53. The van der Waals surface area contributed by atoms with Crippen molar-refractivity contribution in [3.8, 4) is 5.75 Å². The molecule has 1 amide bonds. The summed E-state index contributed by atoms with van der Waals surface area (Å²) in [4.78, 5) is 14.7. The van der Waals surface area contributed by atoms with Gasteiger partial charge in [0.25, 0.3) is 5.91 Å². The SMILES string of the molecule is CCc1cc(CNc2[nH]nc(Nc3ccc(N4CCC(CC)CC4)cc3)c2C(N)=O)cc(C)c1O. The van der Waals surface area contributed by atoms with Crippen LogP contribution >= 0.6 is 0 Å². The first-order chi connectivity index (χ1) is 16.9. The number of hydrogen-bond donors (Lipinski definition) is 5. The normalized spacial score (nSPS) is 14.2. The van der Waals surface area contributed by atoms with Crippen LogP contribution in [0.25, 0.3) is 0 Å². The number of aryl methyl sites for hydroxylation is 2. The van der Waals surface area contributed by atoms with Gasteiger partial charge in [-0.1, -0.05) is 32.4 Å². The number of benzene rings is 2. The van der Waals surface area contributed by atoms with Gasteiger partial charge in [-0.25, -0.2) is 0 Å². The number of aromatic amines is 1. The fourth-order valence-corrected chi connectivity index (χ4v) is 4.79. The Kier molecular flexibility index (Phi) is 7.48. The molecule has 1 fully saturated rings. The van der Waals surface area contributed by atoms with Gasteiger partial charge in [-0.15, -0.1) is 0 Å². The number of primary amides is 1. The zero-order valence-electron chi connectivity index (χ0n) is 20.8. The van der Waals surface area contributed by atoms with E-state index in [0.29, 0.717) is 23.9 Å². The number of aromatic nitrogens is 2. The topological polar surface area (TPSA) is 119 Å². The number of nitrogens with zero attached hydrogens (tertiary/aromatic N) is 2. The minimum absolute atomic E-state index is 0.280. The first kappa shape index (κ1) is 24.4. The summed E-state index contributed by atoms with van der Waals surface area (Å²) in [7, 11) is 0. The molecule has 35 heavy (non-hydrogen) atoms. The number of hydrogen-bond acceptors (Lipinski definition) is 6. The minimum atomic E-state index is -0.574. The van der Waals surface area contributed by atoms with E-state index in [-0.39, 0.29) is 5.56 Å². The van der Waals surface area contributed by atoms with E-state index in [9.17, 15) is 9.90 Å². The molecule has 0 bridgehead atoms. The van der Waals surface area contributed by atoms with Crippen LogP contribution < -0.4 is 21.3 Å². The quantitative estimate of drug-likeness (QED) is 0.294. The molecular formula is C27H36N6O2. The molecule has 6 N–H and O–H groups in total. The molecule has 0 atom stereocenters. The second-order valence-electron chi connectivity index (χ2n) is 9.32. The molecule has 8 heteroatoms. The number of carbonyl (C=O) groups is 1. The van der Waals surface area contributed by atoms with Crippen molar-refractivity contribution in [2.24, 2.45) is 11.7 Å². The van der Waals surface area contributed by atoms with E-state index in [1.165, 1.54) is 24.9 Å². The second kappa shape index (κ2) is 10.7. The Morgan fingerprint density at radius 1 is 1.20 bits per heavy atom.